The van der Waals surface area contributed by atoms with Crippen LogP contribution in [0.1, 0.15) is 34.1 Å². The van der Waals surface area contributed by atoms with Crippen LogP contribution in [0.4, 0.5) is 4.79 Å². The van der Waals surface area contributed by atoms with Crippen molar-refractivity contribution in [3.8, 4) is 11.8 Å². The second-order valence-corrected chi connectivity index (χ2v) is 8.40. The topological polar surface area (TPSA) is 82.2 Å². The molecule has 0 aliphatic carbocycles. The molecule has 1 atom stereocenters. The van der Waals surface area contributed by atoms with Gasteiger partial charge in [0.2, 0.25) is 0 Å². The van der Waals surface area contributed by atoms with Gasteiger partial charge >= 0.3 is 6.03 Å². The Hall–Kier alpha value is -4.70. The second kappa shape index (κ2) is 9.27. The summed E-state index contributed by atoms with van der Waals surface area (Å²) in [4.78, 5) is 30.2. The van der Waals surface area contributed by atoms with Crippen LogP contribution < -0.4 is 0 Å². The first-order chi connectivity index (χ1) is 17.1. The number of nitriles is 1. The lowest BCUT2D eigenvalue weighted by Crippen LogP contribution is -2.33. The Morgan fingerprint density at radius 1 is 0.857 bits per heavy atom. The Morgan fingerprint density at radius 2 is 1.46 bits per heavy atom. The second-order valence-electron chi connectivity index (χ2n) is 8.40. The number of hydrogen-bond donors (Lipinski definition) is 0. The van der Waals surface area contributed by atoms with Gasteiger partial charge in [0.1, 0.15) is 12.1 Å². The van der Waals surface area contributed by atoms with Gasteiger partial charge in [0.05, 0.1) is 29.2 Å². The van der Waals surface area contributed by atoms with Gasteiger partial charge in [0, 0.05) is 6.54 Å². The number of amides is 3. The van der Waals surface area contributed by atoms with Gasteiger partial charge in [-0.15, -0.1) is 0 Å². The zero-order valence-corrected chi connectivity index (χ0v) is 19.2. The zero-order chi connectivity index (χ0) is 24.4. The summed E-state index contributed by atoms with van der Waals surface area (Å²) < 4.78 is 1.64. The van der Waals surface area contributed by atoms with Crippen LogP contribution in [-0.2, 0) is 17.9 Å². The van der Waals surface area contributed by atoms with E-state index in [0.717, 1.165) is 16.8 Å². The van der Waals surface area contributed by atoms with Crippen LogP contribution in [-0.4, -0.2) is 31.5 Å². The van der Waals surface area contributed by atoms with Crippen molar-refractivity contribution in [1.29, 1.82) is 5.26 Å². The molecule has 35 heavy (non-hydrogen) atoms. The van der Waals surface area contributed by atoms with Gasteiger partial charge in [-0.3, -0.25) is 9.69 Å². The Morgan fingerprint density at radius 3 is 2.09 bits per heavy atom. The van der Waals surface area contributed by atoms with E-state index in [1.54, 1.807) is 16.5 Å². The number of carbonyl (C=O) groups excluding carboxylic acids is 2. The van der Waals surface area contributed by atoms with Crippen molar-refractivity contribution in [2.45, 2.75) is 26.1 Å². The lowest BCUT2D eigenvalue weighted by molar-refractivity contribution is -0.129. The highest BCUT2D eigenvalue weighted by Crippen LogP contribution is 2.34. The molecule has 1 fully saturated rings. The summed E-state index contributed by atoms with van der Waals surface area (Å²) in [7, 11) is 0. The number of urea groups is 1. The molecule has 7 nitrogen and oxygen atoms in total. The molecule has 0 N–H and O–H groups in total. The van der Waals surface area contributed by atoms with Crippen molar-refractivity contribution in [1.82, 2.24) is 19.6 Å². The van der Waals surface area contributed by atoms with Gasteiger partial charge < -0.3 is 4.90 Å². The molecule has 172 valence electrons. The molecule has 1 unspecified atom stereocenters. The average Bonchev–Trinajstić information content (AvgIpc) is 3.33. The van der Waals surface area contributed by atoms with E-state index in [1.165, 1.54) is 4.90 Å². The molecule has 0 bridgehead atoms. The van der Waals surface area contributed by atoms with E-state index in [1.807, 2.05) is 91.0 Å². The summed E-state index contributed by atoms with van der Waals surface area (Å²) >= 11 is 0. The van der Waals surface area contributed by atoms with Gasteiger partial charge in [0.25, 0.3) is 5.91 Å². The maximum atomic E-state index is 13.7. The molecule has 2 heterocycles. The minimum absolute atomic E-state index is 0.0507. The number of aromatic nitrogens is 2. The predicted molar refractivity (Wildman–Crippen MR) is 130 cm³/mol. The largest absolute Gasteiger partial charge is 0.328 e. The van der Waals surface area contributed by atoms with Crippen molar-refractivity contribution in [2.75, 3.05) is 0 Å². The molecule has 1 aromatic heterocycles. The summed E-state index contributed by atoms with van der Waals surface area (Å²) in [6, 6.07) is 29.4. The van der Waals surface area contributed by atoms with E-state index >= 15 is 0 Å². The SMILES string of the molecule is Cc1nn(-c2ccccc2)c(CN2C(=O)C(c3ccccc3)N(Cc3ccccc3)C2=O)c1C#N. The first-order valence-electron chi connectivity index (χ1n) is 11.3. The van der Waals surface area contributed by atoms with Gasteiger partial charge in [0.15, 0.2) is 0 Å². The van der Waals surface area contributed by atoms with E-state index in [-0.39, 0.29) is 12.5 Å². The number of carbonyl (C=O) groups is 2. The molecule has 1 aliphatic heterocycles. The smallest absolute Gasteiger partial charge is 0.304 e. The van der Waals surface area contributed by atoms with Crippen LogP contribution in [0, 0.1) is 18.3 Å². The third-order valence-corrected chi connectivity index (χ3v) is 6.18. The number of nitrogens with zero attached hydrogens (tertiary/aromatic N) is 5. The molecule has 0 radical (unpaired) electrons. The molecule has 4 aromatic rings. The van der Waals surface area contributed by atoms with Crippen LogP contribution in [0.5, 0.6) is 0 Å². The summed E-state index contributed by atoms with van der Waals surface area (Å²) in [5, 5.41) is 14.4. The van der Waals surface area contributed by atoms with E-state index in [9.17, 15) is 14.9 Å². The standard InChI is InChI=1S/C28H23N5O2/c1-20-24(17-29)25(33(30-20)23-15-9-4-10-16-23)19-32-27(34)26(22-13-7-3-8-14-22)31(28(32)35)18-21-11-5-2-6-12-21/h2-16,26H,18-19H2,1H3. The minimum Gasteiger partial charge on any atom is -0.304 e. The van der Waals surface area contributed by atoms with Gasteiger partial charge in [-0.25, -0.2) is 9.48 Å². The fourth-order valence-corrected chi connectivity index (χ4v) is 4.48. The quantitative estimate of drug-likeness (QED) is 0.388. The average molecular weight is 462 g/mol. The van der Waals surface area contributed by atoms with Gasteiger partial charge in [-0.05, 0) is 30.2 Å². The van der Waals surface area contributed by atoms with Crippen LogP contribution >= 0.6 is 0 Å². The van der Waals surface area contributed by atoms with Crippen molar-refractivity contribution < 1.29 is 9.59 Å². The maximum absolute atomic E-state index is 13.7. The molecule has 3 amide bonds. The lowest BCUT2D eigenvalue weighted by Gasteiger charge is -2.22. The van der Waals surface area contributed by atoms with Crippen molar-refractivity contribution in [3.63, 3.8) is 0 Å². The predicted octanol–water partition coefficient (Wildman–Crippen LogP) is 4.76. The Bertz CT molecular complexity index is 1410. The van der Waals surface area contributed by atoms with Crippen LogP contribution in [0.25, 0.3) is 5.69 Å². The molecular weight excluding hydrogens is 438 g/mol. The number of benzene rings is 3. The molecule has 5 rings (SSSR count). The summed E-state index contributed by atoms with van der Waals surface area (Å²) in [6.45, 7) is 2.00. The number of rotatable bonds is 6. The molecule has 1 saturated heterocycles. The van der Waals surface area contributed by atoms with E-state index in [2.05, 4.69) is 11.2 Å². The first-order valence-corrected chi connectivity index (χ1v) is 11.3. The Balaban J connectivity index is 1.55. The zero-order valence-electron chi connectivity index (χ0n) is 19.2. The number of hydrogen-bond acceptors (Lipinski definition) is 4. The van der Waals surface area contributed by atoms with E-state index in [4.69, 9.17) is 0 Å². The molecular formula is C28H23N5O2. The van der Waals surface area contributed by atoms with Crippen LogP contribution in [0.3, 0.4) is 0 Å². The molecule has 3 aromatic carbocycles. The fraction of sp³-hybridized carbons (Fsp3) is 0.143. The first kappa shape index (κ1) is 22.1. The summed E-state index contributed by atoms with van der Waals surface area (Å²) in [6.07, 6.45) is 0. The Kier molecular flexibility index (Phi) is 5.86. The highest BCUT2D eigenvalue weighted by Gasteiger charge is 2.46. The van der Waals surface area contributed by atoms with E-state index < -0.39 is 12.1 Å². The monoisotopic (exact) mass is 461 g/mol. The van der Waals surface area contributed by atoms with Gasteiger partial charge in [-0.1, -0.05) is 78.9 Å². The number of imide groups is 1. The maximum Gasteiger partial charge on any atom is 0.328 e. The molecule has 0 saturated carbocycles. The molecule has 1 aliphatic rings. The Labute approximate surface area is 203 Å². The number of para-hydroxylation sites is 1. The molecule has 0 spiro atoms. The van der Waals surface area contributed by atoms with Gasteiger partial charge in [-0.2, -0.15) is 10.4 Å². The lowest BCUT2D eigenvalue weighted by atomic mass is 10.0. The normalized spacial score (nSPS) is 15.5. The van der Waals surface area contributed by atoms with Crippen molar-refractivity contribution in [3.05, 3.63) is 119 Å². The third kappa shape index (κ3) is 4.06. The molecule has 7 heteroatoms. The van der Waals surface area contributed by atoms with Crippen LogP contribution in [0.2, 0.25) is 0 Å². The van der Waals surface area contributed by atoms with Crippen LogP contribution in [0.15, 0.2) is 91.0 Å². The third-order valence-electron chi connectivity index (χ3n) is 6.18. The summed E-state index contributed by atoms with van der Waals surface area (Å²) in [5.74, 6) is -0.320. The minimum atomic E-state index is -0.747. The summed E-state index contributed by atoms with van der Waals surface area (Å²) in [5.41, 5.74) is 3.86. The number of aryl methyl sites for hydroxylation is 1. The highest BCUT2D eigenvalue weighted by molar-refractivity contribution is 6.04. The van der Waals surface area contributed by atoms with E-state index in [0.29, 0.717) is 23.5 Å². The van der Waals surface area contributed by atoms with Crippen molar-refractivity contribution >= 4 is 11.9 Å². The highest BCUT2D eigenvalue weighted by atomic mass is 16.2. The fourth-order valence-electron chi connectivity index (χ4n) is 4.48. The van der Waals surface area contributed by atoms with Crippen molar-refractivity contribution in [2.24, 2.45) is 0 Å².